The number of thioether (sulfide) groups is 1. The summed E-state index contributed by atoms with van der Waals surface area (Å²) in [5.74, 6) is 0.315. The van der Waals surface area contributed by atoms with E-state index in [2.05, 4.69) is 10.1 Å². The van der Waals surface area contributed by atoms with Crippen LogP contribution in [-0.2, 0) is 4.79 Å². The minimum atomic E-state index is -0.769. The first kappa shape index (κ1) is 19.1. The van der Waals surface area contributed by atoms with Crippen LogP contribution in [0, 0.1) is 0 Å². The quantitative estimate of drug-likeness (QED) is 0.528. The predicted octanol–water partition coefficient (Wildman–Crippen LogP) is 2.21. The van der Waals surface area contributed by atoms with Crippen LogP contribution in [0.4, 0.5) is 5.69 Å². The van der Waals surface area contributed by atoms with E-state index in [1.165, 1.54) is 30.2 Å². The second kappa shape index (κ2) is 7.32. The Morgan fingerprint density at radius 2 is 1.93 bits per heavy atom. The zero-order valence-corrected chi connectivity index (χ0v) is 17.1. The Balaban J connectivity index is 2.09. The summed E-state index contributed by atoms with van der Waals surface area (Å²) in [6, 6.07) is 10.7. The first-order chi connectivity index (χ1) is 13.9. The van der Waals surface area contributed by atoms with Crippen LogP contribution < -0.4 is 15.1 Å². The summed E-state index contributed by atoms with van der Waals surface area (Å²) in [5.41, 5.74) is 1.82. The van der Waals surface area contributed by atoms with Crippen LogP contribution in [0.2, 0.25) is 0 Å². The van der Waals surface area contributed by atoms with Gasteiger partial charge in [-0.25, -0.2) is 4.90 Å². The third-order valence-corrected chi connectivity index (χ3v) is 5.51. The number of aromatic amines is 1. The summed E-state index contributed by atoms with van der Waals surface area (Å²) >= 11 is 1.40. The van der Waals surface area contributed by atoms with E-state index >= 15 is 0 Å². The smallest absolute Gasteiger partial charge is 0.291 e. The molecular weight excluding hydrogens is 390 g/mol. The molecule has 1 N–H and O–H groups in total. The largest absolute Gasteiger partial charge is 0.325 e. The Morgan fingerprint density at radius 3 is 2.62 bits per heavy atom. The minimum Gasteiger partial charge on any atom is -0.291 e. The molecule has 3 aromatic rings. The van der Waals surface area contributed by atoms with Gasteiger partial charge in [0, 0.05) is 25.1 Å². The average molecular weight is 410 g/mol. The van der Waals surface area contributed by atoms with Crippen LogP contribution >= 0.6 is 11.8 Å². The van der Waals surface area contributed by atoms with E-state index in [1.54, 1.807) is 40.0 Å². The highest BCUT2D eigenvalue weighted by molar-refractivity contribution is 7.99. The van der Waals surface area contributed by atoms with Crippen molar-refractivity contribution in [3.8, 4) is 11.3 Å². The third-order valence-electron chi connectivity index (χ3n) is 4.76. The zero-order valence-electron chi connectivity index (χ0n) is 16.2. The van der Waals surface area contributed by atoms with Crippen molar-refractivity contribution in [1.29, 1.82) is 0 Å². The molecule has 0 saturated heterocycles. The van der Waals surface area contributed by atoms with Crippen molar-refractivity contribution in [3.05, 3.63) is 58.6 Å². The van der Waals surface area contributed by atoms with Gasteiger partial charge < -0.3 is 0 Å². The van der Waals surface area contributed by atoms with E-state index in [-0.39, 0.29) is 17.4 Å². The number of anilines is 1. The molecule has 4 rings (SSSR count). The van der Waals surface area contributed by atoms with Crippen molar-refractivity contribution < 1.29 is 14.3 Å². The zero-order chi connectivity index (χ0) is 20.7. The molecule has 1 amide bonds. The van der Waals surface area contributed by atoms with E-state index < -0.39 is 6.17 Å². The molecule has 9 heteroatoms. The van der Waals surface area contributed by atoms with Crippen LogP contribution in [0.3, 0.4) is 0 Å². The van der Waals surface area contributed by atoms with E-state index in [0.29, 0.717) is 27.8 Å². The molecule has 1 aromatic carbocycles. The Hall–Kier alpha value is -3.20. The number of fused-ring (bicyclic) bond motifs is 3. The van der Waals surface area contributed by atoms with Gasteiger partial charge in [0.05, 0.1) is 11.3 Å². The molecule has 148 valence electrons. The van der Waals surface area contributed by atoms with Crippen LogP contribution in [0.25, 0.3) is 11.3 Å². The topological polar surface area (TPSA) is 91.9 Å². The standard InChI is InChI=1S/C20H19N5O3S/c1-4-29-20-21-18(28)17-14-8-5-6-9-15(14)24(13(3)27)19(25(17)22-20)16-10-7-11-23(16)12(2)26/h5-11,19H,4H2,1-3H3/p+1. The summed E-state index contributed by atoms with van der Waals surface area (Å²) in [6.45, 7) is 4.88. The number of H-pyrrole nitrogens is 1. The molecule has 8 nitrogen and oxygen atoms in total. The van der Waals surface area contributed by atoms with Crippen LogP contribution in [0.1, 0.15) is 37.4 Å². The molecule has 1 aliphatic heterocycles. The van der Waals surface area contributed by atoms with Crippen molar-refractivity contribution in [1.82, 2.24) is 14.6 Å². The summed E-state index contributed by atoms with van der Waals surface area (Å²) in [6.07, 6.45) is 0.876. The van der Waals surface area contributed by atoms with Crippen LogP contribution in [0.5, 0.6) is 0 Å². The molecule has 29 heavy (non-hydrogen) atoms. The number of para-hydroxylation sites is 1. The normalized spacial score (nSPS) is 15.0. The number of nitrogens with one attached hydrogen (secondary N) is 1. The van der Waals surface area contributed by atoms with Gasteiger partial charge in [0.25, 0.3) is 0 Å². The lowest BCUT2D eigenvalue weighted by Gasteiger charge is -2.31. The highest BCUT2D eigenvalue weighted by Gasteiger charge is 2.46. The number of hydrogen-bond donors (Lipinski definition) is 1. The second-order valence-corrected chi connectivity index (χ2v) is 7.84. The predicted molar refractivity (Wildman–Crippen MR) is 109 cm³/mol. The Kier molecular flexibility index (Phi) is 4.83. The number of rotatable bonds is 3. The fourth-order valence-corrected chi connectivity index (χ4v) is 4.26. The fraction of sp³-hybridized carbons (Fsp3) is 0.250. The summed E-state index contributed by atoms with van der Waals surface area (Å²) in [7, 11) is 0. The van der Waals surface area contributed by atoms with Gasteiger partial charge in [-0.2, -0.15) is 0 Å². The van der Waals surface area contributed by atoms with Gasteiger partial charge >= 0.3 is 17.4 Å². The molecule has 0 saturated carbocycles. The number of carbonyl (C=O) groups excluding carboxylic acids is 2. The molecule has 3 heterocycles. The van der Waals surface area contributed by atoms with Gasteiger partial charge in [-0.15, -0.1) is 0 Å². The van der Waals surface area contributed by atoms with Crippen molar-refractivity contribution in [2.75, 3.05) is 10.7 Å². The van der Waals surface area contributed by atoms with Gasteiger partial charge in [-0.1, -0.05) is 30.8 Å². The molecule has 1 unspecified atom stereocenters. The number of nitrogens with zero attached hydrogens (tertiary/aromatic N) is 4. The van der Waals surface area contributed by atoms with Gasteiger partial charge in [0.15, 0.2) is 0 Å². The molecule has 0 spiro atoms. The van der Waals surface area contributed by atoms with Crippen LogP contribution in [0.15, 0.2) is 52.5 Å². The molecule has 1 aliphatic rings. The maximum absolute atomic E-state index is 13.0. The number of aromatic nitrogens is 4. The Morgan fingerprint density at radius 1 is 1.17 bits per heavy atom. The Labute approximate surface area is 171 Å². The van der Waals surface area contributed by atoms with Gasteiger partial charge in [-0.3, -0.25) is 23.9 Å². The van der Waals surface area contributed by atoms with Crippen molar-refractivity contribution in [2.45, 2.75) is 32.1 Å². The number of amides is 1. The molecule has 2 aromatic heterocycles. The van der Waals surface area contributed by atoms with Crippen molar-refractivity contribution in [2.24, 2.45) is 0 Å². The lowest BCUT2D eigenvalue weighted by atomic mass is 10.0. The fourth-order valence-electron chi connectivity index (χ4n) is 3.67. The monoisotopic (exact) mass is 410 g/mol. The second-order valence-electron chi connectivity index (χ2n) is 6.59. The van der Waals surface area contributed by atoms with E-state index in [0.717, 1.165) is 5.75 Å². The molecule has 0 aliphatic carbocycles. The lowest BCUT2D eigenvalue weighted by molar-refractivity contribution is -0.763. The summed E-state index contributed by atoms with van der Waals surface area (Å²) in [5, 5.41) is 5.09. The third kappa shape index (κ3) is 3.07. The first-order valence-electron chi connectivity index (χ1n) is 9.20. The SMILES string of the molecule is CCSc1n[n+]2c(c(=O)[nH]1)-c1ccccc1N(C(C)=O)C2c1cccn1C(C)=O. The van der Waals surface area contributed by atoms with Crippen LogP contribution in [-0.4, -0.2) is 32.2 Å². The summed E-state index contributed by atoms with van der Waals surface area (Å²) < 4.78 is 3.02. The maximum atomic E-state index is 13.0. The van der Waals surface area contributed by atoms with E-state index in [4.69, 9.17) is 0 Å². The number of benzene rings is 1. The average Bonchev–Trinajstić information content (AvgIpc) is 3.16. The summed E-state index contributed by atoms with van der Waals surface area (Å²) in [4.78, 5) is 42.4. The molecule has 0 fully saturated rings. The first-order valence-corrected chi connectivity index (χ1v) is 10.2. The minimum absolute atomic E-state index is 0.192. The molecule has 0 radical (unpaired) electrons. The Bertz CT molecular complexity index is 1180. The highest BCUT2D eigenvalue weighted by Crippen LogP contribution is 2.37. The lowest BCUT2D eigenvalue weighted by Crippen LogP contribution is -2.61. The molecule has 0 bridgehead atoms. The van der Waals surface area contributed by atoms with Crippen molar-refractivity contribution in [3.63, 3.8) is 0 Å². The van der Waals surface area contributed by atoms with Crippen molar-refractivity contribution >= 4 is 29.3 Å². The maximum Gasteiger partial charge on any atom is 0.325 e. The van der Waals surface area contributed by atoms with E-state index in [9.17, 15) is 14.4 Å². The number of hydrogen-bond acceptors (Lipinski definition) is 5. The van der Waals surface area contributed by atoms with Gasteiger partial charge in [0.2, 0.25) is 17.0 Å². The van der Waals surface area contributed by atoms with E-state index in [1.807, 2.05) is 19.1 Å². The van der Waals surface area contributed by atoms with Gasteiger partial charge in [-0.05, 0) is 34.7 Å². The highest BCUT2D eigenvalue weighted by atomic mass is 32.2. The molecule has 1 atom stereocenters. The van der Waals surface area contributed by atoms with Gasteiger partial charge in [0.1, 0.15) is 5.69 Å². The molecular formula is C20H20N5O3S+. The number of carbonyl (C=O) groups is 2.